The third-order valence-corrected chi connectivity index (χ3v) is 6.94. The molecule has 28 heavy (non-hydrogen) atoms. The van der Waals surface area contributed by atoms with Crippen molar-refractivity contribution in [2.24, 2.45) is 5.92 Å². The summed E-state index contributed by atoms with van der Waals surface area (Å²) in [6.45, 7) is 8.43. The summed E-state index contributed by atoms with van der Waals surface area (Å²) < 4.78 is 29.1. The van der Waals surface area contributed by atoms with Crippen LogP contribution >= 0.6 is 0 Å². The lowest BCUT2D eigenvalue weighted by atomic mass is 9.98. The van der Waals surface area contributed by atoms with Gasteiger partial charge in [0.1, 0.15) is 0 Å². The number of hydrogen-bond donors (Lipinski definition) is 1. The molecule has 3 rings (SSSR count). The minimum absolute atomic E-state index is 0.0387. The van der Waals surface area contributed by atoms with E-state index in [4.69, 9.17) is 0 Å². The molecule has 0 bridgehead atoms. The molecule has 1 saturated heterocycles. The predicted molar refractivity (Wildman–Crippen MR) is 109 cm³/mol. The zero-order valence-electron chi connectivity index (χ0n) is 16.8. The second-order valence-corrected chi connectivity index (χ2v) is 9.65. The molecule has 7 nitrogen and oxygen atoms in total. The van der Waals surface area contributed by atoms with Crippen molar-refractivity contribution in [3.63, 3.8) is 0 Å². The number of carbonyl (C=O) groups excluding carboxylic acids is 1. The summed E-state index contributed by atoms with van der Waals surface area (Å²) in [5.74, 6) is -0.517. The molecule has 0 aliphatic carbocycles. The van der Waals surface area contributed by atoms with Gasteiger partial charge in [-0.25, -0.2) is 13.4 Å². The van der Waals surface area contributed by atoms with Gasteiger partial charge in [-0.3, -0.25) is 4.79 Å². The number of imidazole rings is 1. The molecule has 152 valence electrons. The molecule has 1 aromatic carbocycles. The van der Waals surface area contributed by atoms with Gasteiger partial charge in [-0.15, -0.1) is 0 Å². The molecule has 1 amide bonds. The molecule has 2 aromatic rings. The van der Waals surface area contributed by atoms with E-state index in [2.05, 4.69) is 10.3 Å². The van der Waals surface area contributed by atoms with Crippen LogP contribution in [0.15, 0.2) is 35.7 Å². The van der Waals surface area contributed by atoms with Gasteiger partial charge in [-0.2, -0.15) is 4.31 Å². The minimum Gasteiger partial charge on any atom is -0.334 e. The molecule has 1 atom stereocenters. The quantitative estimate of drug-likeness (QED) is 0.830. The Kier molecular flexibility index (Phi) is 5.90. The summed E-state index contributed by atoms with van der Waals surface area (Å²) in [5.41, 5.74) is 2.83. The largest absolute Gasteiger partial charge is 0.334 e. The summed E-state index contributed by atoms with van der Waals surface area (Å²) in [6.07, 6.45) is 4.41. The van der Waals surface area contributed by atoms with Crippen LogP contribution in [0.5, 0.6) is 0 Å². The number of nitrogens with one attached hydrogen (secondary N) is 1. The lowest BCUT2D eigenvalue weighted by Gasteiger charge is -2.30. The molecule has 1 N–H and O–H groups in total. The maximum Gasteiger partial charge on any atom is 0.262 e. The van der Waals surface area contributed by atoms with Crippen LogP contribution in [0.2, 0.25) is 0 Å². The second-order valence-electron chi connectivity index (χ2n) is 7.76. The maximum absolute atomic E-state index is 13.0. The van der Waals surface area contributed by atoms with Crippen molar-refractivity contribution in [1.82, 2.24) is 13.9 Å². The van der Waals surface area contributed by atoms with Crippen molar-refractivity contribution in [3.8, 4) is 0 Å². The van der Waals surface area contributed by atoms with E-state index < -0.39 is 10.0 Å². The van der Waals surface area contributed by atoms with E-state index in [-0.39, 0.29) is 29.4 Å². The van der Waals surface area contributed by atoms with Crippen LogP contribution in [-0.4, -0.2) is 41.3 Å². The van der Waals surface area contributed by atoms with E-state index in [1.54, 1.807) is 10.8 Å². The number of benzene rings is 1. The Morgan fingerprint density at radius 3 is 2.71 bits per heavy atom. The first-order chi connectivity index (χ1) is 13.2. The molecule has 1 fully saturated rings. The highest BCUT2D eigenvalue weighted by atomic mass is 32.2. The van der Waals surface area contributed by atoms with E-state index >= 15 is 0 Å². The molecule has 8 heteroatoms. The predicted octanol–water partition coefficient (Wildman–Crippen LogP) is 3.12. The summed E-state index contributed by atoms with van der Waals surface area (Å²) >= 11 is 0. The fraction of sp³-hybridized carbons (Fsp3) is 0.500. The maximum atomic E-state index is 13.0. The number of piperidine rings is 1. The first kappa shape index (κ1) is 20.5. The average Bonchev–Trinajstić information content (AvgIpc) is 3.16. The summed E-state index contributed by atoms with van der Waals surface area (Å²) in [4.78, 5) is 16.9. The SMILES string of the molecule is Cc1ccc(C)c(NC(=O)[C@@H]2CCCN(S(=O)(=O)c3cn(C(C)C)cn3)C2)c1. The Bertz CT molecular complexity index is 966. The lowest BCUT2D eigenvalue weighted by molar-refractivity contribution is -0.120. The highest BCUT2D eigenvalue weighted by molar-refractivity contribution is 7.89. The van der Waals surface area contributed by atoms with Crippen LogP contribution in [0.1, 0.15) is 43.9 Å². The number of sulfonamides is 1. The van der Waals surface area contributed by atoms with Gasteiger partial charge < -0.3 is 9.88 Å². The Hall–Kier alpha value is -2.19. The van der Waals surface area contributed by atoms with Gasteiger partial charge >= 0.3 is 0 Å². The highest BCUT2D eigenvalue weighted by Crippen LogP contribution is 2.25. The zero-order chi connectivity index (χ0) is 20.5. The normalized spacial score (nSPS) is 18.4. The van der Waals surface area contributed by atoms with Gasteiger partial charge in [0.15, 0.2) is 5.03 Å². The number of aryl methyl sites for hydroxylation is 2. The van der Waals surface area contributed by atoms with Crippen LogP contribution in [0.3, 0.4) is 0 Å². The van der Waals surface area contributed by atoms with E-state index in [1.165, 1.54) is 10.6 Å². The standard InChI is InChI=1S/C20H28N4O3S/c1-14(2)23-12-19(21-13-23)28(26,27)24-9-5-6-17(11-24)20(25)22-18-10-15(3)7-8-16(18)4/h7-8,10,12-14,17H,5-6,9,11H2,1-4H3,(H,22,25)/t17-/m1/s1. The average molecular weight is 405 g/mol. The van der Waals surface area contributed by atoms with E-state index in [0.29, 0.717) is 19.4 Å². The van der Waals surface area contributed by atoms with Crippen LogP contribution in [0, 0.1) is 19.8 Å². The van der Waals surface area contributed by atoms with Gasteiger partial charge in [0.2, 0.25) is 5.91 Å². The molecule has 2 heterocycles. The topological polar surface area (TPSA) is 84.3 Å². The molecule has 0 saturated carbocycles. The fourth-order valence-corrected chi connectivity index (χ4v) is 4.79. The van der Waals surface area contributed by atoms with Crippen LogP contribution < -0.4 is 5.32 Å². The van der Waals surface area contributed by atoms with E-state index in [1.807, 2.05) is 45.9 Å². The van der Waals surface area contributed by atoms with Crippen molar-refractivity contribution >= 4 is 21.6 Å². The number of nitrogens with zero attached hydrogens (tertiary/aromatic N) is 3. The Morgan fingerprint density at radius 1 is 1.29 bits per heavy atom. The lowest BCUT2D eigenvalue weighted by Crippen LogP contribution is -2.43. The second kappa shape index (κ2) is 8.05. The van der Waals surface area contributed by atoms with Crippen LogP contribution in [0.25, 0.3) is 0 Å². The van der Waals surface area contributed by atoms with Crippen molar-refractivity contribution in [1.29, 1.82) is 0 Å². The molecule has 1 aliphatic heterocycles. The molecule has 1 aromatic heterocycles. The zero-order valence-corrected chi connectivity index (χ0v) is 17.7. The number of amides is 1. The first-order valence-corrected chi connectivity index (χ1v) is 11.0. The summed E-state index contributed by atoms with van der Waals surface area (Å²) in [6, 6.07) is 6.03. The molecular weight excluding hydrogens is 376 g/mol. The van der Waals surface area contributed by atoms with Crippen LogP contribution in [-0.2, 0) is 14.8 Å². The van der Waals surface area contributed by atoms with E-state index in [9.17, 15) is 13.2 Å². The van der Waals surface area contributed by atoms with Crippen molar-refractivity contribution in [3.05, 3.63) is 41.9 Å². The fourth-order valence-electron chi connectivity index (χ4n) is 3.35. The minimum atomic E-state index is -3.71. The monoisotopic (exact) mass is 404 g/mol. The molecular formula is C20H28N4O3S. The van der Waals surface area contributed by atoms with Gasteiger partial charge in [-0.1, -0.05) is 12.1 Å². The van der Waals surface area contributed by atoms with Crippen molar-refractivity contribution in [2.75, 3.05) is 18.4 Å². The summed E-state index contributed by atoms with van der Waals surface area (Å²) in [5, 5.41) is 3.01. The number of carbonyl (C=O) groups is 1. The number of rotatable bonds is 5. The van der Waals surface area contributed by atoms with Gasteiger partial charge in [0.25, 0.3) is 10.0 Å². The smallest absolute Gasteiger partial charge is 0.262 e. The molecule has 0 unspecified atom stereocenters. The highest BCUT2D eigenvalue weighted by Gasteiger charge is 2.34. The molecule has 0 spiro atoms. The Balaban J connectivity index is 1.74. The third-order valence-electron chi connectivity index (χ3n) is 5.18. The van der Waals surface area contributed by atoms with Gasteiger partial charge in [0.05, 0.1) is 12.2 Å². The van der Waals surface area contributed by atoms with Gasteiger partial charge in [-0.05, 0) is 57.7 Å². The van der Waals surface area contributed by atoms with E-state index in [0.717, 1.165) is 16.8 Å². The first-order valence-electron chi connectivity index (χ1n) is 9.60. The molecule has 1 aliphatic rings. The van der Waals surface area contributed by atoms with Crippen molar-refractivity contribution < 1.29 is 13.2 Å². The van der Waals surface area contributed by atoms with Crippen molar-refractivity contribution in [2.45, 2.75) is 51.6 Å². The number of aromatic nitrogens is 2. The molecule has 0 radical (unpaired) electrons. The Labute approximate surface area is 166 Å². The van der Waals surface area contributed by atoms with Crippen LogP contribution in [0.4, 0.5) is 5.69 Å². The van der Waals surface area contributed by atoms with Gasteiger partial charge in [0, 0.05) is 31.0 Å². The number of anilines is 1. The third kappa shape index (κ3) is 4.28. The Morgan fingerprint density at radius 2 is 2.04 bits per heavy atom. The summed E-state index contributed by atoms with van der Waals surface area (Å²) in [7, 11) is -3.71. The number of hydrogen-bond acceptors (Lipinski definition) is 4.